The monoisotopic (exact) mass is 350 g/mol. The summed E-state index contributed by atoms with van der Waals surface area (Å²) >= 11 is 0. The Kier molecular flexibility index (Phi) is 5.17. The minimum Gasteiger partial charge on any atom is -0.482 e. The highest BCUT2D eigenvalue weighted by Gasteiger charge is 2.10. The minimum atomic E-state index is -1.05. The van der Waals surface area contributed by atoms with Crippen LogP contribution in [0.4, 0.5) is 0 Å². The number of carbonyl (C=O) groups excluding carboxylic acids is 1. The number of carboxylic acid groups (broad SMARTS) is 1. The number of ketones is 1. The number of carbonyl (C=O) groups is 2. The average molecular weight is 350 g/mol. The molecule has 0 unspecified atom stereocenters. The summed E-state index contributed by atoms with van der Waals surface area (Å²) < 4.78 is 10.9. The lowest BCUT2D eigenvalue weighted by atomic mass is 10.1. The van der Waals surface area contributed by atoms with E-state index in [9.17, 15) is 9.59 Å². The van der Waals surface area contributed by atoms with Crippen LogP contribution in [0.5, 0.6) is 5.75 Å². The molecule has 0 bridgehead atoms. The summed E-state index contributed by atoms with van der Waals surface area (Å²) in [6.07, 6.45) is 4.03. The van der Waals surface area contributed by atoms with Crippen LogP contribution < -0.4 is 4.74 Å². The first-order valence-corrected chi connectivity index (χ1v) is 8.26. The Bertz CT molecular complexity index is 964. The summed E-state index contributed by atoms with van der Waals surface area (Å²) in [6, 6.07) is 14.1. The highest BCUT2D eigenvalue weighted by molar-refractivity contribution is 6.07. The van der Waals surface area contributed by atoms with E-state index in [1.807, 2.05) is 31.2 Å². The summed E-state index contributed by atoms with van der Waals surface area (Å²) in [5.41, 5.74) is 2.21. The van der Waals surface area contributed by atoms with E-state index in [0.29, 0.717) is 11.3 Å². The van der Waals surface area contributed by atoms with E-state index in [2.05, 4.69) is 0 Å². The summed E-state index contributed by atoms with van der Waals surface area (Å²) in [7, 11) is 0. The minimum absolute atomic E-state index is 0.151. The second-order valence-electron chi connectivity index (χ2n) is 5.69. The first-order valence-electron chi connectivity index (χ1n) is 8.26. The van der Waals surface area contributed by atoms with Gasteiger partial charge in [-0.25, -0.2) is 4.79 Å². The third kappa shape index (κ3) is 3.83. The van der Waals surface area contributed by atoms with Crippen molar-refractivity contribution < 1.29 is 23.8 Å². The number of aliphatic carboxylic acids is 1. The predicted molar refractivity (Wildman–Crippen MR) is 98.5 cm³/mol. The SMILES string of the molecule is CCc1oc2ccccc2c1/C=C/C(=O)c1ccc(OCC(=O)O)cc1. The van der Waals surface area contributed by atoms with Gasteiger partial charge in [-0.05, 0) is 42.5 Å². The van der Waals surface area contributed by atoms with E-state index in [4.69, 9.17) is 14.3 Å². The lowest BCUT2D eigenvalue weighted by Crippen LogP contribution is -2.09. The number of benzene rings is 2. The zero-order chi connectivity index (χ0) is 18.5. The summed E-state index contributed by atoms with van der Waals surface area (Å²) in [4.78, 5) is 22.9. The van der Waals surface area contributed by atoms with Gasteiger partial charge in [-0.15, -0.1) is 0 Å². The van der Waals surface area contributed by atoms with Gasteiger partial charge in [0.2, 0.25) is 0 Å². The van der Waals surface area contributed by atoms with Crippen LogP contribution in [0.1, 0.15) is 28.6 Å². The Morgan fingerprint density at radius 1 is 1.12 bits per heavy atom. The molecule has 0 aliphatic heterocycles. The second-order valence-corrected chi connectivity index (χ2v) is 5.69. The van der Waals surface area contributed by atoms with Crippen LogP contribution in [-0.4, -0.2) is 23.5 Å². The standard InChI is InChI=1S/C21H18O5/c1-2-19-17(16-5-3-4-6-20(16)26-19)11-12-18(22)14-7-9-15(10-8-14)25-13-21(23)24/h3-12H,2,13H2,1H3,(H,23,24)/b12-11+. The van der Waals surface area contributed by atoms with E-state index in [-0.39, 0.29) is 5.78 Å². The van der Waals surface area contributed by atoms with Gasteiger partial charge in [-0.3, -0.25) is 4.79 Å². The number of carboxylic acids is 1. The first kappa shape index (κ1) is 17.5. The van der Waals surface area contributed by atoms with E-state index in [1.54, 1.807) is 30.3 Å². The van der Waals surface area contributed by atoms with Crippen molar-refractivity contribution in [3.8, 4) is 5.75 Å². The Balaban J connectivity index is 1.78. The molecule has 5 nitrogen and oxygen atoms in total. The Morgan fingerprint density at radius 2 is 1.85 bits per heavy atom. The molecule has 0 atom stereocenters. The van der Waals surface area contributed by atoms with Gasteiger partial charge < -0.3 is 14.3 Å². The fraction of sp³-hybridized carbons (Fsp3) is 0.143. The quantitative estimate of drug-likeness (QED) is 0.506. The molecule has 2 aromatic carbocycles. The van der Waals surface area contributed by atoms with Crippen molar-refractivity contribution in [2.75, 3.05) is 6.61 Å². The Hall–Kier alpha value is -3.34. The highest BCUT2D eigenvalue weighted by atomic mass is 16.5. The predicted octanol–water partition coefficient (Wildman–Crippen LogP) is 4.35. The molecule has 3 aromatic rings. The topological polar surface area (TPSA) is 76.7 Å². The highest BCUT2D eigenvalue weighted by Crippen LogP contribution is 2.27. The van der Waals surface area contributed by atoms with E-state index in [0.717, 1.165) is 28.7 Å². The molecule has 26 heavy (non-hydrogen) atoms. The van der Waals surface area contributed by atoms with E-state index in [1.165, 1.54) is 6.08 Å². The molecule has 5 heteroatoms. The maximum atomic E-state index is 12.4. The van der Waals surface area contributed by atoms with Gasteiger partial charge in [-0.1, -0.05) is 25.1 Å². The van der Waals surface area contributed by atoms with Gasteiger partial charge in [0.25, 0.3) is 0 Å². The van der Waals surface area contributed by atoms with Crippen LogP contribution in [0.2, 0.25) is 0 Å². The van der Waals surface area contributed by atoms with Crippen molar-refractivity contribution in [3.05, 3.63) is 71.5 Å². The Labute approximate surface area is 150 Å². The van der Waals surface area contributed by atoms with Gasteiger partial charge in [0.05, 0.1) is 0 Å². The van der Waals surface area contributed by atoms with Crippen molar-refractivity contribution in [1.82, 2.24) is 0 Å². The molecule has 0 aliphatic rings. The number of hydrogen-bond acceptors (Lipinski definition) is 4. The van der Waals surface area contributed by atoms with Crippen LogP contribution in [0.15, 0.2) is 59.0 Å². The van der Waals surface area contributed by atoms with Crippen LogP contribution >= 0.6 is 0 Å². The molecular weight excluding hydrogens is 332 g/mol. The fourth-order valence-corrected chi connectivity index (χ4v) is 2.68. The van der Waals surface area contributed by atoms with Crippen LogP contribution in [0.25, 0.3) is 17.0 Å². The van der Waals surface area contributed by atoms with Gasteiger partial charge in [0, 0.05) is 22.9 Å². The zero-order valence-electron chi connectivity index (χ0n) is 14.3. The molecule has 3 rings (SSSR count). The van der Waals surface area contributed by atoms with Crippen LogP contribution in [0, 0.1) is 0 Å². The van der Waals surface area contributed by atoms with Crippen molar-refractivity contribution in [1.29, 1.82) is 0 Å². The smallest absolute Gasteiger partial charge is 0.341 e. The Morgan fingerprint density at radius 3 is 2.54 bits per heavy atom. The lowest BCUT2D eigenvalue weighted by molar-refractivity contribution is -0.139. The molecule has 1 N–H and O–H groups in total. The largest absolute Gasteiger partial charge is 0.482 e. The maximum absolute atomic E-state index is 12.4. The van der Waals surface area contributed by atoms with Gasteiger partial charge >= 0.3 is 5.97 Å². The molecule has 0 saturated carbocycles. The maximum Gasteiger partial charge on any atom is 0.341 e. The van der Waals surface area contributed by atoms with Crippen molar-refractivity contribution in [3.63, 3.8) is 0 Å². The second kappa shape index (κ2) is 7.70. The molecular formula is C21H18O5. The van der Waals surface area contributed by atoms with Gasteiger partial charge in [-0.2, -0.15) is 0 Å². The van der Waals surface area contributed by atoms with Crippen LogP contribution in [0.3, 0.4) is 0 Å². The molecule has 132 valence electrons. The number of fused-ring (bicyclic) bond motifs is 1. The van der Waals surface area contributed by atoms with Gasteiger partial charge in [0.1, 0.15) is 17.1 Å². The molecule has 0 saturated heterocycles. The molecule has 1 heterocycles. The number of rotatable bonds is 7. The molecule has 0 radical (unpaired) electrons. The van der Waals surface area contributed by atoms with E-state index < -0.39 is 12.6 Å². The molecule has 0 aliphatic carbocycles. The fourth-order valence-electron chi connectivity index (χ4n) is 2.68. The first-order chi connectivity index (χ1) is 12.6. The summed E-state index contributed by atoms with van der Waals surface area (Å²) in [5.74, 6) is 0.0453. The lowest BCUT2D eigenvalue weighted by Gasteiger charge is -2.03. The number of aryl methyl sites for hydroxylation is 1. The molecule has 0 amide bonds. The number of furan rings is 1. The zero-order valence-corrected chi connectivity index (χ0v) is 14.3. The third-order valence-electron chi connectivity index (χ3n) is 3.93. The number of ether oxygens (including phenoxy) is 1. The number of hydrogen-bond donors (Lipinski definition) is 1. The molecule has 0 spiro atoms. The van der Waals surface area contributed by atoms with Crippen LogP contribution in [-0.2, 0) is 11.2 Å². The average Bonchev–Trinajstić information content (AvgIpc) is 3.02. The molecule has 0 fully saturated rings. The number of para-hydroxylation sites is 1. The summed E-state index contributed by atoms with van der Waals surface area (Å²) in [5, 5.41) is 9.58. The van der Waals surface area contributed by atoms with Crippen molar-refractivity contribution >= 4 is 28.8 Å². The third-order valence-corrected chi connectivity index (χ3v) is 3.93. The number of allylic oxidation sites excluding steroid dienone is 1. The van der Waals surface area contributed by atoms with Gasteiger partial charge in [0.15, 0.2) is 12.4 Å². The van der Waals surface area contributed by atoms with Crippen molar-refractivity contribution in [2.45, 2.75) is 13.3 Å². The van der Waals surface area contributed by atoms with Crippen molar-refractivity contribution in [2.24, 2.45) is 0 Å². The molecule has 1 aromatic heterocycles. The van der Waals surface area contributed by atoms with E-state index >= 15 is 0 Å². The normalized spacial score (nSPS) is 11.1. The summed E-state index contributed by atoms with van der Waals surface area (Å²) in [6.45, 7) is 1.59.